The molecule has 0 N–H and O–H groups in total. The van der Waals surface area contributed by atoms with Gasteiger partial charge in [-0.15, -0.1) is 0 Å². The van der Waals surface area contributed by atoms with Crippen LogP contribution < -0.4 is 4.90 Å². The van der Waals surface area contributed by atoms with Gasteiger partial charge in [-0.25, -0.2) is 4.98 Å². The highest BCUT2D eigenvalue weighted by molar-refractivity contribution is 5.78. The lowest BCUT2D eigenvalue weighted by atomic mass is 10.1. The van der Waals surface area contributed by atoms with E-state index in [-0.39, 0.29) is 0 Å². The maximum atomic E-state index is 12.4. The molecule has 0 aliphatic carbocycles. The Kier molecular flexibility index (Phi) is 4.62. The minimum Gasteiger partial charge on any atom is -0.363 e. The number of hydrogen-bond donors (Lipinski definition) is 0. The lowest BCUT2D eigenvalue weighted by Gasteiger charge is -2.27. The first-order valence-corrected chi connectivity index (χ1v) is 8.30. The molecule has 2 aliphatic rings. The summed E-state index contributed by atoms with van der Waals surface area (Å²) in [7, 11) is 4.02. The van der Waals surface area contributed by atoms with Crippen LogP contribution in [0, 0.1) is 0 Å². The highest BCUT2D eigenvalue weighted by atomic mass is 16.2. The second-order valence-electron chi connectivity index (χ2n) is 6.56. The van der Waals surface area contributed by atoms with Crippen LogP contribution in [0.25, 0.3) is 0 Å². The Bertz CT molecular complexity index is 525. The van der Waals surface area contributed by atoms with Crippen molar-refractivity contribution < 1.29 is 4.79 Å². The van der Waals surface area contributed by atoms with Gasteiger partial charge in [0.25, 0.3) is 0 Å². The topological polar surface area (TPSA) is 39.7 Å². The van der Waals surface area contributed by atoms with E-state index in [1.165, 1.54) is 5.56 Å². The third kappa shape index (κ3) is 3.24. The maximum absolute atomic E-state index is 12.4. The molecule has 0 bridgehead atoms. The quantitative estimate of drug-likeness (QED) is 0.852. The number of likely N-dealkylation sites (tertiary alicyclic amines) is 2. The lowest BCUT2D eigenvalue weighted by molar-refractivity contribution is -0.131. The summed E-state index contributed by atoms with van der Waals surface area (Å²) in [6, 6.07) is 4.60. The van der Waals surface area contributed by atoms with Gasteiger partial charge in [-0.05, 0) is 49.9 Å². The molecule has 1 atom stereocenters. The van der Waals surface area contributed by atoms with Crippen LogP contribution in [0.5, 0.6) is 0 Å². The summed E-state index contributed by atoms with van der Waals surface area (Å²) in [4.78, 5) is 23.2. The smallest absolute Gasteiger partial charge is 0.236 e. The zero-order valence-corrected chi connectivity index (χ0v) is 13.7. The molecule has 2 saturated heterocycles. The van der Waals surface area contributed by atoms with E-state index in [2.05, 4.69) is 22.0 Å². The van der Waals surface area contributed by atoms with E-state index in [1.54, 1.807) is 0 Å². The molecule has 0 radical (unpaired) electrons. The predicted octanol–water partition coefficient (Wildman–Crippen LogP) is 1.91. The molecule has 3 heterocycles. The van der Waals surface area contributed by atoms with Gasteiger partial charge in [0.2, 0.25) is 5.91 Å². The Hall–Kier alpha value is -1.62. The van der Waals surface area contributed by atoms with Gasteiger partial charge >= 0.3 is 0 Å². The van der Waals surface area contributed by atoms with Crippen LogP contribution in [0.3, 0.4) is 0 Å². The first-order chi connectivity index (χ1) is 10.6. The average Bonchev–Trinajstić information content (AvgIpc) is 3.18. The van der Waals surface area contributed by atoms with E-state index >= 15 is 0 Å². The normalized spacial score (nSPS) is 22.3. The first kappa shape index (κ1) is 15.3. The fraction of sp³-hybridized carbons (Fsp3) is 0.647. The van der Waals surface area contributed by atoms with Gasteiger partial charge in [-0.3, -0.25) is 9.69 Å². The molecule has 3 rings (SSSR count). The molecule has 5 nitrogen and oxygen atoms in total. The number of aromatic nitrogens is 1. The van der Waals surface area contributed by atoms with Crippen molar-refractivity contribution in [1.82, 2.24) is 14.8 Å². The van der Waals surface area contributed by atoms with Crippen LogP contribution in [0.2, 0.25) is 0 Å². The van der Waals surface area contributed by atoms with E-state index in [9.17, 15) is 4.79 Å². The van der Waals surface area contributed by atoms with Crippen molar-refractivity contribution in [2.75, 3.05) is 45.2 Å². The minimum absolute atomic E-state index is 0.297. The highest BCUT2D eigenvalue weighted by Gasteiger charge is 2.29. The summed E-state index contributed by atoms with van der Waals surface area (Å²) in [5, 5.41) is 0. The van der Waals surface area contributed by atoms with E-state index in [4.69, 9.17) is 0 Å². The summed E-state index contributed by atoms with van der Waals surface area (Å²) in [6.07, 6.45) is 6.49. The fourth-order valence-electron chi connectivity index (χ4n) is 3.52. The molecule has 22 heavy (non-hydrogen) atoms. The van der Waals surface area contributed by atoms with Crippen LogP contribution in [0.15, 0.2) is 18.3 Å². The third-order valence-electron chi connectivity index (χ3n) is 4.77. The number of anilines is 1. The van der Waals surface area contributed by atoms with Crippen molar-refractivity contribution in [3.8, 4) is 0 Å². The van der Waals surface area contributed by atoms with Gasteiger partial charge in [0.15, 0.2) is 0 Å². The Labute approximate surface area is 132 Å². The third-order valence-corrected chi connectivity index (χ3v) is 4.77. The summed E-state index contributed by atoms with van der Waals surface area (Å²) < 4.78 is 0. The number of carbonyl (C=O) groups excluding carboxylic acids is 1. The molecule has 5 heteroatoms. The Morgan fingerprint density at radius 2 is 2.05 bits per heavy atom. The predicted molar refractivity (Wildman–Crippen MR) is 87.9 cm³/mol. The lowest BCUT2D eigenvalue weighted by Crippen LogP contribution is -2.38. The van der Waals surface area contributed by atoms with Gasteiger partial charge in [-0.1, -0.05) is 0 Å². The summed E-state index contributed by atoms with van der Waals surface area (Å²) in [5.74, 6) is 1.28. The highest BCUT2D eigenvalue weighted by Crippen LogP contribution is 2.32. The standard InChI is InChI=1S/C17H26N4O/c1-19(2)16-12-14(7-8-18-16)15-6-5-11-21(15)13-17(22)20-9-3-4-10-20/h7-8,12,15H,3-6,9-11,13H2,1-2H3. The number of hydrogen-bond acceptors (Lipinski definition) is 4. The van der Waals surface area contributed by atoms with Gasteiger partial charge in [0.1, 0.15) is 5.82 Å². The van der Waals surface area contributed by atoms with Crippen LogP contribution in [0.1, 0.15) is 37.3 Å². The van der Waals surface area contributed by atoms with Gasteiger partial charge in [0, 0.05) is 39.4 Å². The van der Waals surface area contributed by atoms with E-state index in [0.717, 1.165) is 51.1 Å². The zero-order chi connectivity index (χ0) is 15.5. The zero-order valence-electron chi connectivity index (χ0n) is 13.7. The fourth-order valence-corrected chi connectivity index (χ4v) is 3.52. The minimum atomic E-state index is 0.297. The van der Waals surface area contributed by atoms with Crippen molar-refractivity contribution in [3.63, 3.8) is 0 Å². The van der Waals surface area contributed by atoms with Crippen LogP contribution >= 0.6 is 0 Å². The van der Waals surface area contributed by atoms with E-state index < -0.39 is 0 Å². The molecular weight excluding hydrogens is 276 g/mol. The molecule has 0 aromatic carbocycles. The van der Waals surface area contributed by atoms with Crippen LogP contribution in [-0.4, -0.2) is 61.0 Å². The molecule has 0 spiro atoms. The van der Waals surface area contributed by atoms with Gasteiger partial charge in [-0.2, -0.15) is 0 Å². The van der Waals surface area contributed by atoms with Crippen LogP contribution in [-0.2, 0) is 4.79 Å². The number of carbonyl (C=O) groups is 1. The monoisotopic (exact) mass is 302 g/mol. The van der Waals surface area contributed by atoms with Crippen molar-refractivity contribution in [1.29, 1.82) is 0 Å². The SMILES string of the molecule is CN(C)c1cc(C2CCCN2CC(=O)N2CCCC2)ccn1. The molecule has 2 aliphatic heterocycles. The molecule has 2 fully saturated rings. The van der Waals surface area contributed by atoms with E-state index in [0.29, 0.717) is 18.5 Å². The van der Waals surface area contributed by atoms with Crippen molar-refractivity contribution >= 4 is 11.7 Å². The molecule has 0 saturated carbocycles. The van der Waals surface area contributed by atoms with Gasteiger partial charge < -0.3 is 9.80 Å². The summed E-state index contributed by atoms with van der Waals surface area (Å²) in [6.45, 7) is 3.46. The molecule has 1 aromatic rings. The largest absolute Gasteiger partial charge is 0.363 e. The molecular formula is C17H26N4O. The number of pyridine rings is 1. The summed E-state index contributed by atoms with van der Waals surface area (Å²) in [5.41, 5.74) is 1.28. The van der Waals surface area contributed by atoms with Crippen molar-refractivity contribution in [3.05, 3.63) is 23.9 Å². The Balaban J connectivity index is 1.70. The maximum Gasteiger partial charge on any atom is 0.236 e. The van der Waals surface area contributed by atoms with Crippen LogP contribution in [0.4, 0.5) is 5.82 Å². The Morgan fingerprint density at radius 1 is 1.27 bits per heavy atom. The average molecular weight is 302 g/mol. The second kappa shape index (κ2) is 6.65. The molecule has 120 valence electrons. The molecule has 1 amide bonds. The number of amides is 1. The van der Waals surface area contributed by atoms with Crippen molar-refractivity contribution in [2.24, 2.45) is 0 Å². The first-order valence-electron chi connectivity index (χ1n) is 8.30. The van der Waals surface area contributed by atoms with Crippen molar-refractivity contribution in [2.45, 2.75) is 31.7 Å². The Morgan fingerprint density at radius 3 is 2.77 bits per heavy atom. The summed E-state index contributed by atoms with van der Waals surface area (Å²) >= 11 is 0. The number of rotatable bonds is 4. The van der Waals surface area contributed by atoms with E-state index in [1.807, 2.05) is 30.1 Å². The molecule has 1 aromatic heterocycles. The van der Waals surface area contributed by atoms with Gasteiger partial charge in [0.05, 0.1) is 6.54 Å². The second-order valence-corrected chi connectivity index (χ2v) is 6.56. The number of nitrogens with zero attached hydrogens (tertiary/aromatic N) is 4. The molecule has 1 unspecified atom stereocenters.